The molecule has 1 saturated heterocycles. The van der Waals surface area contributed by atoms with Gasteiger partial charge < -0.3 is 0 Å². The van der Waals surface area contributed by atoms with Crippen LogP contribution in [0.3, 0.4) is 0 Å². The summed E-state index contributed by atoms with van der Waals surface area (Å²) >= 11 is 6.59. The number of nitrogens with zero attached hydrogens (tertiary/aromatic N) is 4. The Morgan fingerprint density at radius 1 is 0.970 bits per heavy atom. The smallest absolute Gasteiger partial charge is 0.296 e. The van der Waals surface area contributed by atoms with E-state index in [4.69, 9.17) is 11.6 Å². The third-order valence-electron chi connectivity index (χ3n) is 5.65. The van der Waals surface area contributed by atoms with Crippen molar-refractivity contribution in [2.45, 2.75) is 24.5 Å². The molecule has 3 aromatic rings. The highest BCUT2D eigenvalue weighted by molar-refractivity contribution is 7.89. The number of rotatable bonds is 5. The largest absolute Gasteiger partial charge is 0.417 e. The number of sulfonamides is 1. The number of aryl methyl sites for hydroxylation is 1. The van der Waals surface area contributed by atoms with Gasteiger partial charge in [0, 0.05) is 38.3 Å². The van der Waals surface area contributed by atoms with E-state index in [-0.39, 0.29) is 13.1 Å². The number of piperazine rings is 1. The van der Waals surface area contributed by atoms with E-state index < -0.39 is 26.7 Å². The van der Waals surface area contributed by atoms with Crippen LogP contribution in [0.25, 0.3) is 5.69 Å². The van der Waals surface area contributed by atoms with E-state index in [1.54, 1.807) is 4.68 Å². The molecule has 1 fully saturated rings. The molecule has 0 aliphatic carbocycles. The Balaban J connectivity index is 1.48. The second kappa shape index (κ2) is 9.09. The summed E-state index contributed by atoms with van der Waals surface area (Å²) in [6.45, 7) is 3.20. The first kappa shape index (κ1) is 23.7. The number of alkyl halides is 3. The molecule has 4 rings (SSSR count). The van der Waals surface area contributed by atoms with Gasteiger partial charge >= 0.3 is 6.18 Å². The van der Waals surface area contributed by atoms with Crippen LogP contribution in [-0.4, -0.2) is 53.6 Å². The fourth-order valence-electron chi connectivity index (χ4n) is 3.87. The zero-order chi connectivity index (χ0) is 23.8. The van der Waals surface area contributed by atoms with Crippen molar-refractivity contribution in [1.82, 2.24) is 19.0 Å². The summed E-state index contributed by atoms with van der Waals surface area (Å²) in [4.78, 5) is 1.31. The van der Waals surface area contributed by atoms with Crippen molar-refractivity contribution < 1.29 is 21.6 Å². The van der Waals surface area contributed by atoms with E-state index >= 15 is 0 Å². The Kier molecular flexibility index (Phi) is 6.54. The van der Waals surface area contributed by atoms with Crippen LogP contribution < -0.4 is 0 Å². The summed E-state index contributed by atoms with van der Waals surface area (Å²) in [5.74, 6) is 0. The van der Waals surface area contributed by atoms with Gasteiger partial charge in [0.1, 0.15) is 5.15 Å². The third-order valence-corrected chi connectivity index (χ3v) is 7.99. The van der Waals surface area contributed by atoms with Crippen LogP contribution in [-0.2, 0) is 22.7 Å². The highest BCUT2D eigenvalue weighted by Gasteiger charge is 2.39. The van der Waals surface area contributed by atoms with Crippen molar-refractivity contribution >= 4 is 21.6 Å². The monoisotopic (exact) mass is 498 g/mol. The van der Waals surface area contributed by atoms with Crippen molar-refractivity contribution in [2.24, 2.45) is 0 Å². The minimum atomic E-state index is -4.75. The van der Waals surface area contributed by atoms with Gasteiger partial charge in [0.2, 0.25) is 10.0 Å². The van der Waals surface area contributed by atoms with Gasteiger partial charge in [0.25, 0.3) is 0 Å². The maximum atomic E-state index is 13.3. The molecular formula is C22H22ClF3N4O2S. The first-order chi connectivity index (χ1) is 15.6. The predicted molar refractivity (Wildman–Crippen MR) is 119 cm³/mol. The number of hydrogen-bond donors (Lipinski definition) is 0. The van der Waals surface area contributed by atoms with Gasteiger partial charge in [-0.15, -0.1) is 0 Å². The van der Waals surface area contributed by atoms with Gasteiger partial charge in [-0.25, -0.2) is 13.1 Å². The molecule has 11 heteroatoms. The van der Waals surface area contributed by atoms with Crippen molar-refractivity contribution in [1.29, 1.82) is 0 Å². The molecule has 0 unspecified atom stereocenters. The normalized spacial score (nSPS) is 16.3. The Hall–Kier alpha value is -2.40. The molecule has 0 bridgehead atoms. The fourth-order valence-corrected chi connectivity index (χ4v) is 5.83. The van der Waals surface area contributed by atoms with Crippen LogP contribution in [0.4, 0.5) is 13.2 Å². The Bertz CT molecular complexity index is 1240. The number of aromatic nitrogens is 2. The van der Waals surface area contributed by atoms with Gasteiger partial charge in [-0.2, -0.15) is 22.6 Å². The molecule has 33 heavy (non-hydrogen) atoms. The fraction of sp³-hybridized carbons (Fsp3) is 0.318. The molecule has 6 nitrogen and oxygen atoms in total. The van der Waals surface area contributed by atoms with Crippen LogP contribution in [0.15, 0.2) is 59.5 Å². The standard InChI is InChI=1S/C22H22ClF3N4O2S/c1-16-18(21(23)30(27-16)17-7-3-2-4-8-17)15-28-11-13-29(14-12-28)33(31,32)20-10-6-5-9-19(20)22(24,25)26/h2-10H,11-15H2,1H3. The average molecular weight is 499 g/mol. The van der Waals surface area contributed by atoms with Crippen molar-refractivity contribution in [3.63, 3.8) is 0 Å². The molecule has 2 aromatic carbocycles. The molecule has 1 aromatic heterocycles. The highest BCUT2D eigenvalue weighted by atomic mass is 35.5. The first-order valence-electron chi connectivity index (χ1n) is 10.3. The second-order valence-electron chi connectivity index (χ2n) is 7.78. The Labute approximate surface area is 195 Å². The van der Waals surface area contributed by atoms with Gasteiger partial charge in [-0.3, -0.25) is 4.90 Å². The van der Waals surface area contributed by atoms with E-state index in [0.29, 0.717) is 24.8 Å². The topological polar surface area (TPSA) is 58.4 Å². The van der Waals surface area contributed by atoms with Crippen molar-refractivity contribution in [3.8, 4) is 5.69 Å². The molecule has 0 spiro atoms. The van der Waals surface area contributed by atoms with E-state index in [0.717, 1.165) is 33.4 Å². The molecule has 0 saturated carbocycles. The molecule has 1 aliphatic rings. The van der Waals surface area contributed by atoms with E-state index in [9.17, 15) is 21.6 Å². The van der Waals surface area contributed by atoms with E-state index in [1.807, 2.05) is 42.2 Å². The third kappa shape index (κ3) is 4.79. The first-order valence-corrected chi connectivity index (χ1v) is 12.1. The number of halogens is 4. The predicted octanol–water partition coefficient (Wildman–Crippen LogP) is 4.36. The van der Waals surface area contributed by atoms with Gasteiger partial charge in [-0.05, 0) is 31.2 Å². The molecule has 0 amide bonds. The minimum absolute atomic E-state index is 0.0814. The molecule has 0 N–H and O–H groups in total. The summed E-state index contributed by atoms with van der Waals surface area (Å²) in [6, 6.07) is 13.7. The Morgan fingerprint density at radius 2 is 1.58 bits per heavy atom. The van der Waals surface area contributed by atoms with Crippen LogP contribution >= 0.6 is 11.6 Å². The number of hydrogen-bond acceptors (Lipinski definition) is 4. The molecule has 0 atom stereocenters. The minimum Gasteiger partial charge on any atom is -0.296 e. The lowest BCUT2D eigenvalue weighted by molar-refractivity contribution is -0.139. The highest BCUT2D eigenvalue weighted by Crippen LogP contribution is 2.35. The summed E-state index contributed by atoms with van der Waals surface area (Å²) in [5.41, 5.74) is 1.27. The lowest BCUT2D eigenvalue weighted by Crippen LogP contribution is -2.48. The quantitative estimate of drug-likeness (QED) is 0.524. The second-order valence-corrected chi connectivity index (χ2v) is 10.0. The Morgan fingerprint density at radius 3 is 2.21 bits per heavy atom. The summed E-state index contributed by atoms with van der Waals surface area (Å²) in [6.07, 6.45) is -4.75. The SMILES string of the molecule is Cc1nn(-c2ccccc2)c(Cl)c1CN1CCN(S(=O)(=O)c2ccccc2C(F)(F)F)CC1. The number of para-hydroxylation sites is 1. The molecular weight excluding hydrogens is 477 g/mol. The lowest BCUT2D eigenvalue weighted by Gasteiger charge is -2.34. The lowest BCUT2D eigenvalue weighted by atomic mass is 10.2. The van der Waals surface area contributed by atoms with Crippen LogP contribution in [0, 0.1) is 6.92 Å². The maximum absolute atomic E-state index is 13.3. The molecule has 1 aliphatic heterocycles. The summed E-state index contributed by atoms with van der Waals surface area (Å²) in [7, 11) is -4.28. The molecule has 176 valence electrons. The molecule has 2 heterocycles. The number of benzene rings is 2. The van der Waals surface area contributed by atoms with E-state index in [1.165, 1.54) is 12.1 Å². The van der Waals surface area contributed by atoms with Crippen molar-refractivity contribution in [2.75, 3.05) is 26.2 Å². The average Bonchev–Trinajstić information content (AvgIpc) is 3.08. The van der Waals surface area contributed by atoms with Gasteiger partial charge in [0.05, 0.1) is 21.8 Å². The summed E-state index contributed by atoms with van der Waals surface area (Å²) in [5, 5.41) is 5.00. The zero-order valence-corrected chi connectivity index (χ0v) is 19.3. The zero-order valence-electron chi connectivity index (χ0n) is 17.8. The van der Waals surface area contributed by atoms with Crippen LogP contribution in [0.1, 0.15) is 16.8 Å². The van der Waals surface area contributed by atoms with Gasteiger partial charge in [0.15, 0.2) is 0 Å². The van der Waals surface area contributed by atoms with Gasteiger partial charge in [-0.1, -0.05) is 41.9 Å². The summed E-state index contributed by atoms with van der Waals surface area (Å²) < 4.78 is 68.7. The van der Waals surface area contributed by atoms with Crippen molar-refractivity contribution in [3.05, 3.63) is 76.6 Å². The maximum Gasteiger partial charge on any atom is 0.417 e. The van der Waals surface area contributed by atoms with E-state index in [2.05, 4.69) is 5.10 Å². The van der Waals surface area contributed by atoms with Crippen LogP contribution in [0.5, 0.6) is 0 Å². The molecule has 0 radical (unpaired) electrons. The van der Waals surface area contributed by atoms with Crippen LogP contribution in [0.2, 0.25) is 5.15 Å².